The van der Waals surface area contributed by atoms with E-state index in [-0.39, 0.29) is 0 Å². The minimum absolute atomic E-state index is 0.878. The van der Waals surface area contributed by atoms with E-state index in [1.807, 2.05) is 26.8 Å². The highest BCUT2D eigenvalue weighted by atomic mass is 79.9. The van der Waals surface area contributed by atoms with Gasteiger partial charge in [0, 0.05) is 10.7 Å². The summed E-state index contributed by atoms with van der Waals surface area (Å²) in [6.45, 7) is 6.02. The van der Waals surface area contributed by atoms with E-state index < -0.39 is 0 Å². The fourth-order valence-corrected chi connectivity index (χ4v) is 1.17. The summed E-state index contributed by atoms with van der Waals surface area (Å²) in [5, 5.41) is 0. The monoisotopic (exact) mass is 279 g/mol. The zero-order valence-corrected chi connectivity index (χ0v) is 10.0. The second-order valence-corrected chi connectivity index (χ2v) is 3.42. The van der Waals surface area contributed by atoms with Gasteiger partial charge in [-0.2, -0.15) is 0 Å². The maximum Gasteiger partial charge on any atom is 0.106 e. The van der Waals surface area contributed by atoms with Gasteiger partial charge in [0.2, 0.25) is 0 Å². The molecule has 11 heavy (non-hydrogen) atoms. The van der Waals surface area contributed by atoms with Crippen molar-refractivity contribution in [3.8, 4) is 0 Å². The first-order chi connectivity index (χ1) is 5.20. The Bertz CT molecular complexity index is 223. The molecule has 1 nitrogen and oxygen atoms in total. The molecule has 0 amide bonds. The molecule has 0 aliphatic heterocycles. The molecule has 1 aromatic rings. The second kappa shape index (κ2) is 5.72. The highest BCUT2D eigenvalue weighted by Crippen LogP contribution is 2.17. The minimum atomic E-state index is 0.878. The molecule has 0 spiro atoms. The van der Waals surface area contributed by atoms with Crippen LogP contribution in [0.2, 0.25) is 0 Å². The zero-order chi connectivity index (χ0) is 8.85. The number of pyridine rings is 1. The van der Waals surface area contributed by atoms with Crippen molar-refractivity contribution < 1.29 is 0 Å². The molecule has 1 heterocycles. The number of aryl methyl sites for hydroxylation is 1. The van der Waals surface area contributed by atoms with Crippen LogP contribution in [-0.2, 0) is 0 Å². The SMILES string of the molecule is CC.Cc1cc(Br)ncc1Br. The van der Waals surface area contributed by atoms with Gasteiger partial charge in [-0.15, -0.1) is 0 Å². The quantitative estimate of drug-likeness (QED) is 0.656. The fourth-order valence-electron chi connectivity index (χ4n) is 0.505. The van der Waals surface area contributed by atoms with Crippen LogP contribution in [0.25, 0.3) is 0 Å². The van der Waals surface area contributed by atoms with Crippen molar-refractivity contribution in [3.05, 3.63) is 26.9 Å². The van der Waals surface area contributed by atoms with Gasteiger partial charge in [-0.25, -0.2) is 4.98 Å². The van der Waals surface area contributed by atoms with Crippen molar-refractivity contribution in [2.45, 2.75) is 20.8 Å². The van der Waals surface area contributed by atoms with Gasteiger partial charge in [0.15, 0.2) is 0 Å². The summed E-state index contributed by atoms with van der Waals surface area (Å²) in [4.78, 5) is 4.01. The van der Waals surface area contributed by atoms with Gasteiger partial charge in [-0.3, -0.25) is 0 Å². The Morgan fingerprint density at radius 1 is 1.27 bits per heavy atom. The Hall–Kier alpha value is 0.110. The van der Waals surface area contributed by atoms with E-state index in [1.165, 1.54) is 5.56 Å². The summed E-state index contributed by atoms with van der Waals surface area (Å²) < 4.78 is 1.92. The van der Waals surface area contributed by atoms with Gasteiger partial charge in [-0.1, -0.05) is 13.8 Å². The molecule has 0 unspecified atom stereocenters. The highest BCUT2D eigenvalue weighted by molar-refractivity contribution is 9.11. The van der Waals surface area contributed by atoms with E-state index in [9.17, 15) is 0 Å². The summed E-state index contributed by atoms with van der Waals surface area (Å²) in [6.07, 6.45) is 1.78. The number of hydrogen-bond acceptors (Lipinski definition) is 1. The lowest BCUT2D eigenvalue weighted by Gasteiger charge is -1.94. The Kier molecular flexibility index (Phi) is 5.78. The van der Waals surface area contributed by atoms with Gasteiger partial charge < -0.3 is 0 Å². The smallest absolute Gasteiger partial charge is 0.106 e. The molecule has 0 aliphatic carbocycles. The molecule has 0 radical (unpaired) electrons. The lowest BCUT2D eigenvalue weighted by molar-refractivity contribution is 1.22. The van der Waals surface area contributed by atoms with Gasteiger partial charge in [0.1, 0.15) is 4.60 Å². The van der Waals surface area contributed by atoms with Crippen molar-refractivity contribution in [2.75, 3.05) is 0 Å². The van der Waals surface area contributed by atoms with E-state index in [4.69, 9.17) is 0 Å². The summed E-state index contributed by atoms with van der Waals surface area (Å²) in [5.41, 5.74) is 1.19. The Morgan fingerprint density at radius 3 is 2.18 bits per heavy atom. The third-order valence-corrected chi connectivity index (χ3v) is 2.28. The second-order valence-electron chi connectivity index (χ2n) is 1.76. The van der Waals surface area contributed by atoms with Crippen LogP contribution in [0.1, 0.15) is 19.4 Å². The highest BCUT2D eigenvalue weighted by Gasteiger charge is 1.93. The fraction of sp³-hybridized carbons (Fsp3) is 0.375. The molecule has 0 bridgehead atoms. The largest absolute Gasteiger partial charge is 0.248 e. The van der Waals surface area contributed by atoms with E-state index in [0.29, 0.717) is 0 Å². The zero-order valence-electron chi connectivity index (χ0n) is 6.86. The van der Waals surface area contributed by atoms with Crippen LogP contribution in [-0.4, -0.2) is 4.98 Å². The molecule has 0 saturated heterocycles. The van der Waals surface area contributed by atoms with E-state index in [2.05, 4.69) is 36.8 Å². The van der Waals surface area contributed by atoms with Gasteiger partial charge in [0.05, 0.1) is 0 Å². The minimum Gasteiger partial charge on any atom is -0.248 e. The first kappa shape index (κ1) is 11.1. The molecule has 0 aromatic carbocycles. The van der Waals surface area contributed by atoms with Crippen LogP contribution in [0, 0.1) is 6.92 Å². The van der Waals surface area contributed by atoms with Crippen LogP contribution in [0.4, 0.5) is 0 Å². The number of hydrogen-bond donors (Lipinski definition) is 0. The molecular weight excluding hydrogens is 270 g/mol. The van der Waals surface area contributed by atoms with Crippen LogP contribution < -0.4 is 0 Å². The van der Waals surface area contributed by atoms with Crippen LogP contribution in [0.3, 0.4) is 0 Å². The molecule has 1 aromatic heterocycles. The summed E-state index contributed by atoms with van der Waals surface area (Å²) in [6, 6.07) is 1.96. The van der Waals surface area contributed by atoms with Crippen LogP contribution >= 0.6 is 31.9 Å². The molecule has 0 atom stereocenters. The summed E-state index contributed by atoms with van der Waals surface area (Å²) >= 11 is 6.61. The summed E-state index contributed by atoms with van der Waals surface area (Å²) in [7, 11) is 0. The maximum atomic E-state index is 4.01. The third-order valence-electron chi connectivity index (χ3n) is 1.01. The maximum absolute atomic E-state index is 4.01. The number of rotatable bonds is 0. The lowest BCUT2D eigenvalue weighted by atomic mass is 10.3. The van der Waals surface area contributed by atoms with E-state index in [1.54, 1.807) is 6.20 Å². The van der Waals surface area contributed by atoms with Crippen LogP contribution in [0.5, 0.6) is 0 Å². The topological polar surface area (TPSA) is 12.9 Å². The van der Waals surface area contributed by atoms with Gasteiger partial charge in [-0.05, 0) is 50.4 Å². The Balaban J connectivity index is 0.000000461. The average Bonchev–Trinajstić information content (AvgIpc) is 2.02. The molecule has 0 N–H and O–H groups in total. The van der Waals surface area contributed by atoms with Crippen molar-refractivity contribution in [1.29, 1.82) is 0 Å². The number of halogens is 2. The summed E-state index contributed by atoms with van der Waals surface area (Å²) in [5.74, 6) is 0. The molecule has 1 rings (SSSR count). The Morgan fingerprint density at radius 2 is 1.82 bits per heavy atom. The van der Waals surface area contributed by atoms with Gasteiger partial charge in [0.25, 0.3) is 0 Å². The molecule has 62 valence electrons. The first-order valence-electron chi connectivity index (χ1n) is 3.48. The van der Waals surface area contributed by atoms with Crippen molar-refractivity contribution in [2.24, 2.45) is 0 Å². The van der Waals surface area contributed by atoms with Crippen molar-refractivity contribution in [1.82, 2.24) is 4.98 Å². The average molecular weight is 281 g/mol. The van der Waals surface area contributed by atoms with Gasteiger partial charge >= 0.3 is 0 Å². The third kappa shape index (κ3) is 3.87. The molecule has 0 saturated carbocycles. The molecular formula is C8H11Br2N. The predicted molar refractivity (Wildman–Crippen MR) is 55.7 cm³/mol. The van der Waals surface area contributed by atoms with E-state index in [0.717, 1.165) is 9.08 Å². The van der Waals surface area contributed by atoms with Crippen molar-refractivity contribution in [3.63, 3.8) is 0 Å². The predicted octanol–water partition coefficient (Wildman–Crippen LogP) is 3.94. The van der Waals surface area contributed by atoms with E-state index >= 15 is 0 Å². The van der Waals surface area contributed by atoms with Crippen LogP contribution in [0.15, 0.2) is 21.3 Å². The molecule has 0 fully saturated rings. The molecule has 0 aliphatic rings. The standard InChI is InChI=1S/C6H5Br2N.C2H6/c1-4-2-6(8)9-3-5(4)7;1-2/h2-3H,1H3;1-2H3. The lowest BCUT2D eigenvalue weighted by Crippen LogP contribution is -1.78. The normalized spacial score (nSPS) is 8.45. The molecule has 3 heteroatoms. The van der Waals surface area contributed by atoms with Crippen molar-refractivity contribution >= 4 is 31.9 Å². The number of nitrogens with zero attached hydrogens (tertiary/aromatic N) is 1. The first-order valence-corrected chi connectivity index (χ1v) is 5.06. The Labute approximate surface area is 84.5 Å². The number of aromatic nitrogens is 1.